The second-order valence-electron chi connectivity index (χ2n) is 17.1. The molecule has 3 aliphatic carbocycles. The van der Waals surface area contributed by atoms with Crippen LogP contribution >= 0.6 is 0 Å². The third-order valence-electron chi connectivity index (χ3n) is 13.3. The highest BCUT2D eigenvalue weighted by molar-refractivity contribution is 5.99. The number of likely N-dealkylation sites (N-methyl/N-ethyl adjacent to an activating group) is 1. The SMILES string of the molecule is CC[C@H]1CCC[C@H](OC(=O)CN2CC[N+](C)(C)CC2)[C@@H](C)C(=O)C2=C[C@@H]3[C@@H](C=C[C@@H]4C[C@@H](O[C@@H]5O[C@@H](C)[C@H](OC)[C@@H](OC)[C@H]5OC)C[C@@H]34)[C@@H]2CC(=O)O1. The Morgan fingerprint density at radius 3 is 2.34 bits per heavy atom. The molecular formula is C41H65N2O10+. The van der Waals surface area contributed by atoms with Crippen LogP contribution in [0.4, 0.5) is 0 Å². The first-order valence-electron chi connectivity index (χ1n) is 20.1. The van der Waals surface area contributed by atoms with E-state index in [9.17, 15) is 14.4 Å². The average molecular weight is 746 g/mol. The second-order valence-corrected chi connectivity index (χ2v) is 17.1. The molecule has 6 rings (SSSR count). The molecule has 0 aromatic rings. The van der Waals surface area contributed by atoms with Crippen molar-refractivity contribution in [3.8, 4) is 0 Å². The summed E-state index contributed by atoms with van der Waals surface area (Å²) in [5, 5.41) is 0. The van der Waals surface area contributed by atoms with Gasteiger partial charge in [0.1, 0.15) is 30.5 Å². The molecule has 0 radical (unpaired) electrons. The van der Waals surface area contributed by atoms with Gasteiger partial charge in [-0.15, -0.1) is 0 Å². The number of quaternary nitrogens is 1. The van der Waals surface area contributed by atoms with Gasteiger partial charge in [0.25, 0.3) is 0 Å². The first kappa shape index (κ1) is 40.5. The van der Waals surface area contributed by atoms with Gasteiger partial charge in [0.2, 0.25) is 0 Å². The fraction of sp³-hybridized carbons (Fsp3) is 0.829. The number of hydrogen-bond acceptors (Lipinski definition) is 11. The van der Waals surface area contributed by atoms with Crippen LogP contribution in [0, 0.1) is 35.5 Å². The summed E-state index contributed by atoms with van der Waals surface area (Å²) in [5.41, 5.74) is 0.683. The zero-order valence-electron chi connectivity index (χ0n) is 33.3. The molecule has 6 aliphatic rings. The molecule has 3 heterocycles. The van der Waals surface area contributed by atoms with Crippen LogP contribution in [-0.2, 0) is 47.5 Å². The molecule has 0 amide bonds. The fourth-order valence-electron chi connectivity index (χ4n) is 10.1. The van der Waals surface area contributed by atoms with Crippen LogP contribution in [0.15, 0.2) is 23.8 Å². The Kier molecular flexibility index (Phi) is 13.2. The van der Waals surface area contributed by atoms with Gasteiger partial charge in [-0.1, -0.05) is 32.1 Å². The van der Waals surface area contributed by atoms with Crippen LogP contribution in [0.5, 0.6) is 0 Å². The number of hydrogen-bond donors (Lipinski definition) is 0. The summed E-state index contributed by atoms with van der Waals surface area (Å²) in [6, 6.07) is 0. The van der Waals surface area contributed by atoms with E-state index in [0.717, 1.165) is 43.5 Å². The predicted octanol–water partition coefficient (Wildman–Crippen LogP) is 3.95. The number of allylic oxidation sites excluding steroid dienone is 4. The Labute approximate surface area is 316 Å². The van der Waals surface area contributed by atoms with Gasteiger partial charge < -0.3 is 37.6 Å². The van der Waals surface area contributed by atoms with Crippen molar-refractivity contribution >= 4 is 17.7 Å². The summed E-state index contributed by atoms with van der Waals surface area (Å²) in [4.78, 5) is 43.6. The Bertz CT molecular complexity index is 1360. The van der Waals surface area contributed by atoms with Crippen molar-refractivity contribution < 1.29 is 52.0 Å². The maximum Gasteiger partial charge on any atom is 0.320 e. The van der Waals surface area contributed by atoms with Crippen molar-refractivity contribution in [3.05, 3.63) is 23.8 Å². The van der Waals surface area contributed by atoms with Crippen LogP contribution in [0.1, 0.15) is 65.7 Å². The van der Waals surface area contributed by atoms with E-state index in [4.69, 9.17) is 33.2 Å². The highest BCUT2D eigenvalue weighted by atomic mass is 16.7. The van der Waals surface area contributed by atoms with Crippen LogP contribution in [0.3, 0.4) is 0 Å². The number of ether oxygens (including phenoxy) is 7. The lowest BCUT2D eigenvalue weighted by molar-refractivity contribution is -0.894. The quantitative estimate of drug-likeness (QED) is 0.194. The number of fused-ring (bicyclic) bond motifs is 5. The highest BCUT2D eigenvalue weighted by Gasteiger charge is 2.52. The number of ketones is 1. The Morgan fingerprint density at radius 1 is 0.943 bits per heavy atom. The summed E-state index contributed by atoms with van der Waals surface area (Å²) in [7, 11) is 9.36. The summed E-state index contributed by atoms with van der Waals surface area (Å²) >= 11 is 0. The van der Waals surface area contributed by atoms with Crippen LogP contribution in [0.2, 0.25) is 0 Å². The second kappa shape index (κ2) is 17.3. The minimum Gasteiger partial charge on any atom is -0.462 e. The molecular weight excluding hydrogens is 680 g/mol. The van der Waals surface area contributed by atoms with Gasteiger partial charge in [-0.3, -0.25) is 19.3 Å². The first-order valence-corrected chi connectivity index (χ1v) is 20.1. The van der Waals surface area contributed by atoms with Gasteiger partial charge >= 0.3 is 11.9 Å². The Balaban J connectivity index is 1.19. The number of carbonyl (C=O) groups is 3. The number of piperazine rings is 1. The smallest absolute Gasteiger partial charge is 0.320 e. The van der Waals surface area contributed by atoms with Gasteiger partial charge in [-0.2, -0.15) is 0 Å². The molecule has 0 aromatic heterocycles. The Hall–Kier alpha value is -2.19. The monoisotopic (exact) mass is 745 g/mol. The highest BCUT2D eigenvalue weighted by Crippen LogP contribution is 2.54. The first-order chi connectivity index (χ1) is 25.4. The average Bonchev–Trinajstić information content (AvgIpc) is 3.71. The van der Waals surface area contributed by atoms with E-state index in [1.165, 1.54) is 0 Å². The normalized spacial score (nSPS) is 42.0. The zero-order valence-corrected chi connectivity index (χ0v) is 33.3. The minimum atomic E-state index is -0.613. The number of nitrogens with zero attached hydrogens (tertiary/aromatic N) is 2. The number of Topliss-reactive ketones (excluding diaryl/α,β-unsaturated/α-hetero) is 1. The van der Waals surface area contributed by atoms with Crippen LogP contribution in [0.25, 0.3) is 0 Å². The van der Waals surface area contributed by atoms with E-state index >= 15 is 0 Å². The van der Waals surface area contributed by atoms with Gasteiger partial charge in [0.15, 0.2) is 12.1 Å². The maximum atomic E-state index is 14.6. The molecule has 0 unspecified atom stereocenters. The number of esters is 2. The standard InChI is InChI=1S/C41H65N2O10/c1-9-27-11-10-12-34(53-36(45)23-42-15-17-43(4,5)18-16-42)24(2)37(46)33-21-31-29(32(33)22-35(44)51-27)14-13-26-19-28(20-30(26)31)52-41-40(49-8)39(48-7)38(47-6)25(3)50-41/h13-14,21,24-32,34,38-41H,9-12,15-20,22-23H2,1-8H3/q+1/t24-,25+,26-,27+,28-,29-,30-,31-,32+,34+,38+,39-,40-,41+/m1/s1. The lowest BCUT2D eigenvalue weighted by atomic mass is 9.70. The van der Waals surface area contributed by atoms with Crippen molar-refractivity contribution in [2.24, 2.45) is 35.5 Å². The summed E-state index contributed by atoms with van der Waals surface area (Å²) in [6.45, 7) is 9.76. The maximum absolute atomic E-state index is 14.6. The number of rotatable bonds is 9. The van der Waals surface area contributed by atoms with E-state index in [0.29, 0.717) is 31.3 Å². The van der Waals surface area contributed by atoms with Gasteiger partial charge in [0.05, 0.1) is 58.3 Å². The van der Waals surface area contributed by atoms with E-state index in [1.807, 2.05) is 20.8 Å². The van der Waals surface area contributed by atoms with Gasteiger partial charge in [-0.05, 0) is 74.7 Å². The molecule has 0 bridgehead atoms. The van der Waals surface area contributed by atoms with Crippen molar-refractivity contribution in [2.45, 2.75) is 115 Å². The third-order valence-corrected chi connectivity index (χ3v) is 13.3. The van der Waals surface area contributed by atoms with Gasteiger partial charge in [0, 0.05) is 40.3 Å². The summed E-state index contributed by atoms with van der Waals surface area (Å²) < 4.78 is 43.5. The number of methoxy groups -OCH3 is 3. The molecule has 0 spiro atoms. The molecule has 14 atom stereocenters. The van der Waals surface area contributed by atoms with Crippen LogP contribution in [-0.4, -0.2) is 144 Å². The number of cyclic esters (lactones) is 1. The molecule has 3 saturated heterocycles. The molecule has 0 aromatic carbocycles. The zero-order chi connectivity index (χ0) is 38.0. The van der Waals surface area contributed by atoms with Gasteiger partial charge in [-0.25, -0.2) is 0 Å². The van der Waals surface area contributed by atoms with E-state index < -0.39 is 24.4 Å². The molecule has 53 heavy (non-hydrogen) atoms. The molecule has 298 valence electrons. The largest absolute Gasteiger partial charge is 0.462 e. The minimum absolute atomic E-state index is 0.00233. The van der Waals surface area contributed by atoms with E-state index in [1.54, 1.807) is 21.3 Å². The molecule has 1 saturated carbocycles. The molecule has 4 fully saturated rings. The number of carbonyl (C=O) groups excluding carboxylic acids is 3. The molecule has 12 heteroatoms. The van der Waals surface area contributed by atoms with E-state index in [-0.39, 0.29) is 90.8 Å². The fourth-order valence-corrected chi connectivity index (χ4v) is 10.1. The van der Waals surface area contributed by atoms with Crippen LogP contribution < -0.4 is 0 Å². The molecule has 0 N–H and O–H groups in total. The Morgan fingerprint density at radius 2 is 1.66 bits per heavy atom. The summed E-state index contributed by atoms with van der Waals surface area (Å²) in [6.07, 6.45) is 8.28. The summed E-state index contributed by atoms with van der Waals surface area (Å²) in [5.74, 6) is -0.796. The van der Waals surface area contributed by atoms with Crippen molar-refractivity contribution in [2.75, 3.05) is 68.1 Å². The predicted molar refractivity (Wildman–Crippen MR) is 196 cm³/mol. The van der Waals surface area contributed by atoms with Crippen molar-refractivity contribution in [1.29, 1.82) is 0 Å². The molecule has 3 aliphatic heterocycles. The van der Waals surface area contributed by atoms with E-state index in [2.05, 4.69) is 37.2 Å². The molecule has 12 nitrogen and oxygen atoms in total. The van der Waals surface area contributed by atoms with Crippen molar-refractivity contribution in [3.63, 3.8) is 0 Å². The third kappa shape index (κ3) is 8.95. The topological polar surface area (TPSA) is 119 Å². The van der Waals surface area contributed by atoms with Crippen molar-refractivity contribution in [1.82, 2.24) is 4.90 Å². The lowest BCUT2D eigenvalue weighted by Crippen LogP contribution is -2.59. The lowest BCUT2D eigenvalue weighted by Gasteiger charge is -2.44.